The van der Waals surface area contributed by atoms with Crippen molar-refractivity contribution in [2.75, 3.05) is 39.4 Å². The van der Waals surface area contributed by atoms with Gasteiger partial charge in [0.1, 0.15) is 12.6 Å². The predicted molar refractivity (Wildman–Crippen MR) is 156 cm³/mol. The molecule has 5 rings (SSSR count). The van der Waals surface area contributed by atoms with Crippen LogP contribution >= 0.6 is 0 Å². The van der Waals surface area contributed by atoms with Crippen LogP contribution in [0.3, 0.4) is 0 Å². The van der Waals surface area contributed by atoms with Crippen LogP contribution in [0.5, 0.6) is 0 Å². The van der Waals surface area contributed by atoms with Crippen LogP contribution in [0.25, 0.3) is 11.4 Å². The van der Waals surface area contributed by atoms with E-state index in [1.54, 1.807) is 4.90 Å². The van der Waals surface area contributed by atoms with Crippen molar-refractivity contribution in [3.63, 3.8) is 0 Å². The summed E-state index contributed by atoms with van der Waals surface area (Å²) in [5.41, 5.74) is 3.87. The third-order valence-electron chi connectivity index (χ3n) is 8.03. The van der Waals surface area contributed by atoms with E-state index in [9.17, 15) is 9.59 Å². The van der Waals surface area contributed by atoms with Gasteiger partial charge in [0.05, 0.1) is 13.2 Å². The minimum absolute atomic E-state index is 0.110. The molecule has 41 heavy (non-hydrogen) atoms. The lowest BCUT2D eigenvalue weighted by atomic mass is 9.94. The molecule has 0 radical (unpaired) electrons. The van der Waals surface area contributed by atoms with Crippen molar-refractivity contribution in [3.8, 4) is 11.4 Å². The highest BCUT2D eigenvalue weighted by Gasteiger charge is 2.33. The molecule has 2 amide bonds. The number of amides is 2. The van der Waals surface area contributed by atoms with Crippen LogP contribution < -0.4 is 5.32 Å². The van der Waals surface area contributed by atoms with E-state index in [0.29, 0.717) is 32.1 Å². The summed E-state index contributed by atoms with van der Waals surface area (Å²) in [6.07, 6.45) is 5.37. The molecule has 2 aromatic carbocycles. The van der Waals surface area contributed by atoms with Crippen LogP contribution in [-0.2, 0) is 20.9 Å². The molecule has 0 unspecified atom stereocenters. The molecule has 0 bridgehead atoms. The van der Waals surface area contributed by atoms with Crippen LogP contribution in [0, 0.1) is 13.8 Å². The Morgan fingerprint density at radius 2 is 1.63 bits per heavy atom. The first-order chi connectivity index (χ1) is 20.0. The normalized spacial score (nSPS) is 17.2. The Balaban J connectivity index is 1.40. The first kappa shape index (κ1) is 28.9. The number of carbonyl (C=O) groups excluding carboxylic acids is 2. The molecule has 2 fully saturated rings. The Kier molecular flexibility index (Phi) is 9.74. The summed E-state index contributed by atoms with van der Waals surface area (Å²) in [4.78, 5) is 33.3. The number of rotatable bonds is 10. The van der Waals surface area contributed by atoms with Gasteiger partial charge in [0, 0.05) is 37.8 Å². The number of ether oxygens (including phenoxy) is 1. The fraction of sp³-hybridized carbons (Fsp3) is 0.516. The van der Waals surface area contributed by atoms with Gasteiger partial charge in [0.2, 0.25) is 17.6 Å². The first-order valence-electron chi connectivity index (χ1n) is 14.8. The maximum absolute atomic E-state index is 14.0. The van der Waals surface area contributed by atoms with Gasteiger partial charge in [-0.25, -0.2) is 0 Å². The van der Waals surface area contributed by atoms with Crippen molar-refractivity contribution in [1.82, 2.24) is 35.3 Å². The molecular weight excluding hydrogens is 518 g/mol. The second-order valence-corrected chi connectivity index (χ2v) is 11.2. The summed E-state index contributed by atoms with van der Waals surface area (Å²) < 4.78 is 5.52. The standard InChI is InChI=1S/C31H41N7O3/c1-23-8-12-25(13-9-23)29(31(40)32-27-6-4-3-5-7-27)37(17-16-36-18-20-41-21-19-36)28(39)22-38-34-30(33-35-38)26-14-10-24(2)11-15-26/h8-15,27,29H,3-7,16-22H2,1-2H3,(H,32,40)/t29-/m1/s1. The molecule has 0 spiro atoms. The Bertz CT molecular complexity index is 1280. The Labute approximate surface area is 242 Å². The van der Waals surface area contributed by atoms with Crippen LogP contribution in [0.1, 0.15) is 54.8 Å². The highest BCUT2D eigenvalue weighted by molar-refractivity contribution is 5.89. The second-order valence-electron chi connectivity index (χ2n) is 11.2. The van der Waals surface area contributed by atoms with E-state index in [4.69, 9.17) is 4.74 Å². The van der Waals surface area contributed by atoms with Gasteiger partial charge in [-0.2, -0.15) is 4.80 Å². The van der Waals surface area contributed by atoms with E-state index in [2.05, 4.69) is 25.6 Å². The van der Waals surface area contributed by atoms with Crippen LogP contribution in [0.2, 0.25) is 0 Å². The molecule has 218 valence electrons. The molecule has 1 N–H and O–H groups in total. The maximum atomic E-state index is 14.0. The van der Waals surface area contributed by atoms with E-state index >= 15 is 0 Å². The van der Waals surface area contributed by atoms with Crippen molar-refractivity contribution >= 4 is 11.8 Å². The predicted octanol–water partition coefficient (Wildman–Crippen LogP) is 3.31. The summed E-state index contributed by atoms with van der Waals surface area (Å²) in [6, 6.07) is 15.1. The number of morpholine rings is 1. The topological polar surface area (TPSA) is 105 Å². The lowest BCUT2D eigenvalue weighted by Gasteiger charge is -2.35. The van der Waals surface area contributed by atoms with E-state index in [1.165, 1.54) is 11.2 Å². The number of tetrazole rings is 1. The average molecular weight is 560 g/mol. The van der Waals surface area contributed by atoms with Gasteiger partial charge in [-0.3, -0.25) is 14.5 Å². The summed E-state index contributed by atoms with van der Waals surface area (Å²) in [5, 5.41) is 16.1. The van der Waals surface area contributed by atoms with Gasteiger partial charge >= 0.3 is 0 Å². The first-order valence-corrected chi connectivity index (χ1v) is 14.8. The molecule has 10 heteroatoms. The number of nitrogens with zero attached hydrogens (tertiary/aromatic N) is 6. The lowest BCUT2D eigenvalue weighted by Crippen LogP contribution is -2.50. The smallest absolute Gasteiger partial charge is 0.247 e. The SMILES string of the molecule is Cc1ccc(-c2nnn(CC(=O)N(CCN3CCOCC3)[C@@H](C(=O)NC3CCCCC3)c3ccc(C)cc3)n2)cc1. The van der Waals surface area contributed by atoms with E-state index in [1.807, 2.05) is 62.4 Å². The summed E-state index contributed by atoms with van der Waals surface area (Å²) in [7, 11) is 0. The molecule has 1 aliphatic carbocycles. The van der Waals surface area contributed by atoms with Gasteiger partial charge in [-0.15, -0.1) is 10.2 Å². The molecule has 1 saturated carbocycles. The molecule has 1 aliphatic heterocycles. The maximum Gasteiger partial charge on any atom is 0.247 e. The summed E-state index contributed by atoms with van der Waals surface area (Å²) in [6.45, 7) is 7.91. The number of hydrogen-bond acceptors (Lipinski definition) is 7. The van der Waals surface area contributed by atoms with Gasteiger partial charge in [0.25, 0.3) is 0 Å². The number of benzene rings is 2. The van der Waals surface area contributed by atoms with Crippen molar-refractivity contribution < 1.29 is 14.3 Å². The van der Waals surface area contributed by atoms with Crippen LogP contribution in [0.4, 0.5) is 0 Å². The Morgan fingerprint density at radius 1 is 0.976 bits per heavy atom. The van der Waals surface area contributed by atoms with Crippen LogP contribution in [0.15, 0.2) is 48.5 Å². The third-order valence-corrected chi connectivity index (χ3v) is 8.03. The highest BCUT2D eigenvalue weighted by atomic mass is 16.5. The van der Waals surface area contributed by atoms with E-state index in [0.717, 1.165) is 61.0 Å². The van der Waals surface area contributed by atoms with Gasteiger partial charge in [0.15, 0.2) is 0 Å². The Morgan fingerprint density at radius 3 is 2.32 bits per heavy atom. The van der Waals surface area contributed by atoms with Gasteiger partial charge < -0.3 is 15.0 Å². The highest BCUT2D eigenvalue weighted by Crippen LogP contribution is 2.25. The van der Waals surface area contributed by atoms with Crippen molar-refractivity contribution in [1.29, 1.82) is 0 Å². The summed E-state index contributed by atoms with van der Waals surface area (Å²) in [5.74, 6) is 0.0984. The zero-order valence-electron chi connectivity index (χ0n) is 24.2. The number of nitrogens with one attached hydrogen (secondary N) is 1. The number of aryl methyl sites for hydroxylation is 2. The molecule has 10 nitrogen and oxygen atoms in total. The fourth-order valence-corrected chi connectivity index (χ4v) is 5.56. The van der Waals surface area contributed by atoms with Crippen molar-refractivity contribution in [3.05, 3.63) is 65.2 Å². The molecule has 3 aromatic rings. The number of hydrogen-bond donors (Lipinski definition) is 1. The van der Waals surface area contributed by atoms with Crippen molar-refractivity contribution in [2.45, 2.75) is 64.6 Å². The largest absolute Gasteiger partial charge is 0.379 e. The minimum atomic E-state index is -0.758. The van der Waals surface area contributed by atoms with E-state index in [-0.39, 0.29) is 24.4 Å². The number of carbonyl (C=O) groups is 2. The fourth-order valence-electron chi connectivity index (χ4n) is 5.56. The molecular formula is C31H41N7O3. The average Bonchev–Trinajstić information content (AvgIpc) is 3.45. The molecule has 2 heterocycles. The molecule has 1 aromatic heterocycles. The zero-order chi connectivity index (χ0) is 28.6. The molecule has 1 saturated heterocycles. The quantitative estimate of drug-likeness (QED) is 0.406. The number of aromatic nitrogens is 4. The monoisotopic (exact) mass is 559 g/mol. The lowest BCUT2D eigenvalue weighted by molar-refractivity contribution is -0.142. The van der Waals surface area contributed by atoms with Gasteiger partial charge in [-0.05, 0) is 37.5 Å². The molecule has 1 atom stereocenters. The summed E-state index contributed by atoms with van der Waals surface area (Å²) >= 11 is 0. The van der Waals surface area contributed by atoms with Crippen molar-refractivity contribution in [2.24, 2.45) is 0 Å². The zero-order valence-corrected chi connectivity index (χ0v) is 24.2. The Hall–Kier alpha value is -3.63. The van der Waals surface area contributed by atoms with Gasteiger partial charge in [-0.1, -0.05) is 78.9 Å². The second kappa shape index (κ2) is 13.8. The van der Waals surface area contributed by atoms with E-state index < -0.39 is 6.04 Å². The van der Waals surface area contributed by atoms with Crippen LogP contribution in [-0.4, -0.2) is 87.3 Å². The third kappa shape index (κ3) is 7.77. The minimum Gasteiger partial charge on any atom is -0.379 e. The molecule has 2 aliphatic rings.